The smallest absolute Gasteiger partial charge is 0.235 e. The Morgan fingerprint density at radius 1 is 1.47 bits per heavy atom. The Bertz CT molecular complexity index is 475. The molecule has 0 bridgehead atoms. The Balaban J connectivity index is 2.76. The number of hydrogen-bond donors (Lipinski definition) is 2. The number of rotatable bonds is 6. The molecule has 1 aromatic carbocycles. The molecule has 0 aliphatic carbocycles. The number of anilines is 1. The number of nitrogen functional groups attached to an aromatic ring is 1. The third-order valence-corrected chi connectivity index (χ3v) is 4.68. The molecule has 106 valence electrons. The lowest BCUT2D eigenvalue weighted by molar-refractivity contribution is -0.120. The van der Waals surface area contributed by atoms with Crippen molar-refractivity contribution in [2.24, 2.45) is 0 Å². The van der Waals surface area contributed by atoms with Gasteiger partial charge in [0.15, 0.2) is 0 Å². The van der Waals surface area contributed by atoms with Gasteiger partial charge in [-0.05, 0) is 38.0 Å². The predicted octanol–water partition coefficient (Wildman–Crippen LogP) is 1.99. The number of hydrogen-bond acceptors (Lipinski definition) is 3. The zero-order chi connectivity index (χ0) is 14.4. The molecule has 1 rings (SSSR count). The Morgan fingerprint density at radius 2 is 2.16 bits per heavy atom. The molecule has 0 fully saturated rings. The number of nitrogens with two attached hydrogens (primary N) is 1. The maximum absolute atomic E-state index is 12.4. The average molecular weight is 282 g/mol. The maximum Gasteiger partial charge on any atom is 0.235 e. The minimum absolute atomic E-state index is 0.173. The van der Waals surface area contributed by atoms with E-state index in [-0.39, 0.29) is 5.91 Å². The third kappa shape index (κ3) is 4.35. The number of carbonyl (C=O) groups excluding carboxylic acids is 1. The molecular weight excluding hydrogens is 260 g/mol. The van der Waals surface area contributed by atoms with Gasteiger partial charge in [-0.2, -0.15) is 0 Å². The summed E-state index contributed by atoms with van der Waals surface area (Å²) in [7, 11) is -1.38. The Labute approximate surface area is 117 Å². The van der Waals surface area contributed by atoms with E-state index in [2.05, 4.69) is 12.2 Å². The van der Waals surface area contributed by atoms with Crippen molar-refractivity contribution in [1.82, 2.24) is 5.32 Å². The number of benzene rings is 1. The van der Waals surface area contributed by atoms with E-state index in [4.69, 9.17) is 5.73 Å². The highest BCUT2D eigenvalue weighted by atomic mass is 32.2. The molecule has 0 saturated heterocycles. The van der Waals surface area contributed by atoms with Gasteiger partial charge in [-0.1, -0.05) is 19.4 Å². The van der Waals surface area contributed by atoms with Crippen LogP contribution in [-0.4, -0.2) is 21.9 Å². The summed E-state index contributed by atoms with van der Waals surface area (Å²) < 4.78 is 12.4. The van der Waals surface area contributed by atoms with Crippen molar-refractivity contribution >= 4 is 22.4 Å². The first-order valence-corrected chi connectivity index (χ1v) is 7.73. The number of nitrogens with one attached hydrogen (secondary N) is 1. The summed E-state index contributed by atoms with van der Waals surface area (Å²) in [6, 6.07) is 5.27. The van der Waals surface area contributed by atoms with E-state index in [1.54, 1.807) is 19.1 Å². The van der Waals surface area contributed by atoms with E-state index in [1.807, 2.05) is 13.0 Å². The molecule has 2 unspecified atom stereocenters. The van der Waals surface area contributed by atoms with Gasteiger partial charge in [0.25, 0.3) is 0 Å². The van der Waals surface area contributed by atoms with E-state index in [1.165, 1.54) is 0 Å². The Kier molecular flexibility index (Phi) is 6.02. The molecule has 2 atom stereocenters. The summed E-state index contributed by atoms with van der Waals surface area (Å²) in [5, 5.41) is 2.23. The monoisotopic (exact) mass is 282 g/mol. The van der Waals surface area contributed by atoms with Crippen LogP contribution >= 0.6 is 0 Å². The fourth-order valence-electron chi connectivity index (χ4n) is 1.65. The number of carbonyl (C=O) groups is 1. The second kappa shape index (κ2) is 7.28. The van der Waals surface area contributed by atoms with E-state index >= 15 is 0 Å². The van der Waals surface area contributed by atoms with Crippen LogP contribution in [0, 0.1) is 6.92 Å². The van der Waals surface area contributed by atoms with Crippen molar-refractivity contribution in [3.8, 4) is 0 Å². The van der Waals surface area contributed by atoms with Crippen molar-refractivity contribution in [1.29, 1.82) is 0 Å². The molecule has 3 N–H and O–H groups in total. The second-order valence-electron chi connectivity index (χ2n) is 4.61. The lowest BCUT2D eigenvalue weighted by Gasteiger charge is -2.14. The van der Waals surface area contributed by atoms with Gasteiger partial charge in [0.05, 0.1) is 10.8 Å². The average Bonchev–Trinajstić information content (AvgIpc) is 2.40. The van der Waals surface area contributed by atoms with E-state index in [0.717, 1.165) is 18.4 Å². The normalized spacial score (nSPS) is 13.8. The maximum atomic E-state index is 12.4. The van der Waals surface area contributed by atoms with Gasteiger partial charge in [0, 0.05) is 17.1 Å². The van der Waals surface area contributed by atoms with Gasteiger partial charge in [-0.3, -0.25) is 9.00 Å². The molecule has 4 nitrogen and oxygen atoms in total. The number of aryl methyl sites for hydroxylation is 1. The molecule has 19 heavy (non-hydrogen) atoms. The van der Waals surface area contributed by atoms with E-state index in [0.29, 0.717) is 17.1 Å². The summed E-state index contributed by atoms with van der Waals surface area (Å²) in [6.45, 7) is 6.24. The van der Waals surface area contributed by atoms with E-state index < -0.39 is 16.0 Å². The molecule has 5 heteroatoms. The predicted molar refractivity (Wildman–Crippen MR) is 79.4 cm³/mol. The molecule has 0 heterocycles. The van der Waals surface area contributed by atoms with Crippen molar-refractivity contribution in [3.63, 3.8) is 0 Å². The van der Waals surface area contributed by atoms with Gasteiger partial charge >= 0.3 is 0 Å². The Hall–Kier alpha value is -1.36. The molecule has 0 saturated carbocycles. The van der Waals surface area contributed by atoms with Gasteiger partial charge in [0.2, 0.25) is 5.91 Å². The fraction of sp³-hybridized carbons (Fsp3) is 0.500. The molecule has 0 radical (unpaired) electrons. The molecule has 0 aromatic heterocycles. The molecule has 0 aliphatic rings. The van der Waals surface area contributed by atoms with Gasteiger partial charge < -0.3 is 11.1 Å². The minimum Gasteiger partial charge on any atom is -0.399 e. The topological polar surface area (TPSA) is 72.2 Å². The highest BCUT2D eigenvalue weighted by Gasteiger charge is 2.22. The van der Waals surface area contributed by atoms with Crippen LogP contribution in [0.4, 0.5) is 5.69 Å². The highest BCUT2D eigenvalue weighted by Crippen LogP contribution is 2.19. The first-order valence-electron chi connectivity index (χ1n) is 6.51. The van der Waals surface area contributed by atoms with Gasteiger partial charge in [-0.15, -0.1) is 0 Å². The van der Waals surface area contributed by atoms with Crippen LogP contribution in [0.15, 0.2) is 23.1 Å². The highest BCUT2D eigenvalue weighted by molar-refractivity contribution is 7.86. The van der Waals surface area contributed by atoms with Crippen LogP contribution in [-0.2, 0) is 15.6 Å². The summed E-state index contributed by atoms with van der Waals surface area (Å²) in [5.74, 6) is -0.173. The van der Waals surface area contributed by atoms with Crippen molar-refractivity contribution < 1.29 is 9.00 Å². The van der Waals surface area contributed by atoms with Crippen LogP contribution in [0.1, 0.15) is 32.3 Å². The standard InChI is InChI=1S/C14H22N2O2S/c1-4-5-8-16-14(17)11(3)19(18)13-9-12(15)7-6-10(13)2/h6-7,9,11H,4-5,8,15H2,1-3H3,(H,16,17). The molecule has 0 aliphatic heterocycles. The third-order valence-electron chi connectivity index (χ3n) is 2.95. The molecule has 1 amide bonds. The second-order valence-corrected chi connectivity index (χ2v) is 6.35. The molecular formula is C14H22N2O2S. The summed E-state index contributed by atoms with van der Waals surface area (Å²) in [4.78, 5) is 12.5. The van der Waals surface area contributed by atoms with Crippen molar-refractivity contribution in [3.05, 3.63) is 23.8 Å². The minimum atomic E-state index is -1.38. The summed E-state index contributed by atoms with van der Waals surface area (Å²) >= 11 is 0. The van der Waals surface area contributed by atoms with Crippen molar-refractivity contribution in [2.45, 2.75) is 43.8 Å². The molecule has 0 spiro atoms. The van der Waals surface area contributed by atoms with Crippen LogP contribution in [0.5, 0.6) is 0 Å². The zero-order valence-electron chi connectivity index (χ0n) is 11.7. The fourth-order valence-corrected chi connectivity index (χ4v) is 2.95. The lowest BCUT2D eigenvalue weighted by atomic mass is 10.2. The first kappa shape index (κ1) is 15.7. The number of unbranched alkanes of at least 4 members (excludes halogenated alkanes) is 1. The van der Waals surface area contributed by atoms with Gasteiger partial charge in [0.1, 0.15) is 5.25 Å². The van der Waals surface area contributed by atoms with Crippen LogP contribution < -0.4 is 11.1 Å². The van der Waals surface area contributed by atoms with E-state index in [9.17, 15) is 9.00 Å². The summed E-state index contributed by atoms with van der Waals surface area (Å²) in [5.41, 5.74) is 7.16. The number of amides is 1. The van der Waals surface area contributed by atoms with Crippen LogP contribution in [0.3, 0.4) is 0 Å². The van der Waals surface area contributed by atoms with Crippen LogP contribution in [0.2, 0.25) is 0 Å². The van der Waals surface area contributed by atoms with Crippen molar-refractivity contribution in [2.75, 3.05) is 12.3 Å². The lowest BCUT2D eigenvalue weighted by Crippen LogP contribution is -2.36. The molecule has 1 aromatic rings. The quantitative estimate of drug-likeness (QED) is 0.619. The SMILES string of the molecule is CCCCNC(=O)C(C)S(=O)c1cc(N)ccc1C. The summed E-state index contributed by atoms with van der Waals surface area (Å²) in [6.07, 6.45) is 1.95. The largest absolute Gasteiger partial charge is 0.399 e. The Morgan fingerprint density at radius 3 is 2.79 bits per heavy atom. The first-order chi connectivity index (χ1) is 8.97. The van der Waals surface area contributed by atoms with Gasteiger partial charge in [-0.25, -0.2) is 0 Å². The van der Waals surface area contributed by atoms with Crippen LogP contribution in [0.25, 0.3) is 0 Å². The zero-order valence-corrected chi connectivity index (χ0v) is 12.5.